The summed E-state index contributed by atoms with van der Waals surface area (Å²) in [6, 6.07) is 14.1. The molecule has 42 heavy (non-hydrogen) atoms. The number of methoxy groups -OCH3 is 1. The van der Waals surface area contributed by atoms with E-state index in [0.717, 1.165) is 35.2 Å². The number of nitrogens with zero attached hydrogens (tertiary/aromatic N) is 2. The van der Waals surface area contributed by atoms with Crippen LogP contribution in [0.3, 0.4) is 0 Å². The first-order chi connectivity index (χ1) is 20.1. The number of thioether (sulfide) groups is 1. The summed E-state index contributed by atoms with van der Waals surface area (Å²) in [6.45, 7) is -0.394. The molecule has 1 fully saturated rings. The van der Waals surface area contributed by atoms with E-state index in [1.165, 1.54) is 30.1 Å². The number of hydrogen-bond acceptors (Lipinski definition) is 8. The lowest BCUT2D eigenvalue weighted by Gasteiger charge is -2.29. The van der Waals surface area contributed by atoms with Crippen LogP contribution in [-0.2, 0) is 27.1 Å². The number of anilines is 2. The number of imide groups is 1. The molecule has 1 saturated heterocycles. The average Bonchev–Trinajstić information content (AvgIpc) is 3.66. The van der Waals surface area contributed by atoms with Crippen molar-refractivity contribution in [2.24, 2.45) is 5.92 Å². The molecule has 4 heterocycles. The van der Waals surface area contributed by atoms with E-state index in [1.807, 2.05) is 0 Å². The number of alkyl halides is 3. The highest BCUT2D eigenvalue weighted by Gasteiger charge is 2.58. The van der Waals surface area contributed by atoms with Crippen LogP contribution in [0.4, 0.5) is 24.5 Å². The molecule has 1 N–H and O–H groups in total. The minimum atomic E-state index is -4.81. The van der Waals surface area contributed by atoms with Crippen molar-refractivity contribution in [3.05, 3.63) is 92.8 Å². The van der Waals surface area contributed by atoms with Crippen molar-refractivity contribution in [2.75, 3.05) is 17.3 Å². The fraction of sp³-hybridized carbons (Fsp3) is 0.214. The Balaban J connectivity index is 1.38. The summed E-state index contributed by atoms with van der Waals surface area (Å²) in [7, 11) is 1.51. The van der Waals surface area contributed by atoms with Gasteiger partial charge in [-0.2, -0.15) is 13.2 Å². The van der Waals surface area contributed by atoms with Gasteiger partial charge in [-0.05, 0) is 48.5 Å². The third kappa shape index (κ3) is 4.69. The molecule has 3 amide bonds. The van der Waals surface area contributed by atoms with Gasteiger partial charge in [0.05, 0.1) is 46.4 Å². The first-order valence-corrected chi connectivity index (χ1v) is 14.2. The first-order valence-electron chi connectivity index (χ1n) is 12.5. The van der Waals surface area contributed by atoms with Crippen molar-refractivity contribution in [1.29, 1.82) is 0 Å². The standard InChI is InChI=1S/C28H20F3N3O6S2/c1-39-15-10-8-14(9-11-15)32-19(35)13-33-26-23(42-27(33)38)20(18-7-4-12-40-18)21-22(41-26)25(37)34(24(21)36)17-6-3-2-5-16(17)28(29,30)31/h2-12,20-22H,13H2,1H3,(H,32,35)/t20-,21-,22+/m0/s1. The molecule has 14 heteroatoms. The Bertz CT molecular complexity index is 1750. The molecule has 0 aliphatic carbocycles. The molecule has 0 spiro atoms. The van der Waals surface area contributed by atoms with Crippen molar-refractivity contribution in [1.82, 2.24) is 4.57 Å². The van der Waals surface area contributed by atoms with Crippen molar-refractivity contribution in [2.45, 2.75) is 28.9 Å². The lowest BCUT2D eigenvalue weighted by atomic mass is 9.86. The number of aromatic nitrogens is 1. The van der Waals surface area contributed by atoms with Crippen LogP contribution in [0.2, 0.25) is 0 Å². The number of fused-ring (bicyclic) bond motifs is 2. The van der Waals surface area contributed by atoms with E-state index >= 15 is 0 Å². The number of furan rings is 1. The SMILES string of the molecule is COc1ccc(NC(=O)Cn2c3c(sc2=O)[C@@H](c2ccco2)[C@@H]2C(=O)N(c4ccccc4C(F)(F)F)C(=O)[C@@H]2S3)cc1. The third-order valence-corrected chi connectivity index (χ3v) is 9.63. The largest absolute Gasteiger partial charge is 0.497 e. The molecule has 2 aliphatic rings. The molecule has 3 atom stereocenters. The Morgan fingerprint density at radius 3 is 2.43 bits per heavy atom. The van der Waals surface area contributed by atoms with Crippen LogP contribution in [0.15, 0.2) is 81.2 Å². The molecule has 2 aliphatic heterocycles. The highest BCUT2D eigenvalue weighted by atomic mass is 32.2. The molecule has 0 radical (unpaired) electrons. The number of thiazole rings is 1. The first kappa shape index (κ1) is 27.8. The van der Waals surface area contributed by atoms with E-state index < -0.39 is 63.7 Å². The van der Waals surface area contributed by atoms with E-state index in [0.29, 0.717) is 21.2 Å². The van der Waals surface area contributed by atoms with Gasteiger partial charge in [-0.15, -0.1) is 0 Å². The van der Waals surface area contributed by atoms with Gasteiger partial charge in [0.1, 0.15) is 23.3 Å². The van der Waals surface area contributed by atoms with E-state index in [4.69, 9.17) is 9.15 Å². The zero-order valence-electron chi connectivity index (χ0n) is 21.6. The van der Waals surface area contributed by atoms with Crippen molar-refractivity contribution in [3.63, 3.8) is 0 Å². The zero-order valence-corrected chi connectivity index (χ0v) is 23.2. The second kappa shape index (κ2) is 10.5. The number of hydrogen-bond donors (Lipinski definition) is 1. The maximum Gasteiger partial charge on any atom is 0.418 e. The molecule has 2 aromatic carbocycles. The number of rotatable bonds is 6. The molecule has 0 unspecified atom stereocenters. The second-order valence-electron chi connectivity index (χ2n) is 9.48. The maximum atomic E-state index is 13.9. The lowest BCUT2D eigenvalue weighted by molar-refractivity contribution is -0.137. The average molecular weight is 616 g/mol. The number of benzene rings is 2. The quantitative estimate of drug-likeness (QED) is 0.305. The van der Waals surface area contributed by atoms with Crippen LogP contribution < -0.4 is 19.8 Å². The number of nitrogens with one attached hydrogen (secondary N) is 1. The maximum absolute atomic E-state index is 13.9. The van der Waals surface area contributed by atoms with E-state index in [2.05, 4.69) is 5.32 Å². The minimum absolute atomic E-state index is 0.273. The van der Waals surface area contributed by atoms with Crippen LogP contribution in [0.25, 0.3) is 0 Å². The molecular weight excluding hydrogens is 595 g/mol. The fourth-order valence-corrected chi connectivity index (χ4v) is 7.95. The summed E-state index contributed by atoms with van der Waals surface area (Å²) in [5.41, 5.74) is -1.21. The van der Waals surface area contributed by atoms with E-state index in [-0.39, 0.29) is 10.8 Å². The molecule has 6 rings (SSSR count). The number of carbonyl (C=O) groups is 3. The highest BCUT2D eigenvalue weighted by molar-refractivity contribution is 8.00. The van der Waals surface area contributed by atoms with Crippen LogP contribution in [0.5, 0.6) is 5.75 Å². The van der Waals surface area contributed by atoms with E-state index in [1.54, 1.807) is 36.4 Å². The van der Waals surface area contributed by atoms with Gasteiger partial charge in [-0.3, -0.25) is 23.7 Å². The van der Waals surface area contributed by atoms with Gasteiger partial charge in [-0.1, -0.05) is 35.2 Å². The highest BCUT2D eigenvalue weighted by Crippen LogP contribution is 2.54. The third-order valence-electron chi connectivity index (χ3n) is 7.02. The topological polar surface area (TPSA) is 111 Å². The van der Waals surface area contributed by atoms with E-state index in [9.17, 15) is 32.3 Å². The molecule has 216 valence electrons. The molecule has 9 nitrogen and oxygen atoms in total. The predicted octanol–water partition coefficient (Wildman–Crippen LogP) is 4.96. The van der Waals surface area contributed by atoms with Crippen molar-refractivity contribution < 1.29 is 36.7 Å². The monoisotopic (exact) mass is 615 g/mol. The Hall–Kier alpha value is -4.30. The van der Waals surface area contributed by atoms with Gasteiger partial charge in [-0.25, -0.2) is 4.90 Å². The number of para-hydroxylation sites is 1. The number of carbonyl (C=O) groups excluding carboxylic acids is 3. The Morgan fingerprint density at radius 1 is 1.02 bits per heavy atom. The molecule has 0 bridgehead atoms. The second-order valence-corrected chi connectivity index (χ2v) is 11.6. The van der Waals surface area contributed by atoms with Crippen molar-refractivity contribution in [3.8, 4) is 5.75 Å². The van der Waals surface area contributed by atoms with Gasteiger partial charge in [0.15, 0.2) is 0 Å². The predicted molar refractivity (Wildman–Crippen MR) is 148 cm³/mol. The Kier molecular flexibility index (Phi) is 6.97. The zero-order chi connectivity index (χ0) is 29.8. The van der Waals surface area contributed by atoms with Gasteiger partial charge < -0.3 is 14.5 Å². The van der Waals surface area contributed by atoms with Gasteiger partial charge in [0.25, 0.3) is 0 Å². The molecule has 4 aromatic rings. The summed E-state index contributed by atoms with van der Waals surface area (Å²) in [5, 5.41) is 1.82. The summed E-state index contributed by atoms with van der Waals surface area (Å²) >= 11 is 1.70. The van der Waals surface area contributed by atoms with Crippen LogP contribution in [0, 0.1) is 5.92 Å². The Morgan fingerprint density at radius 2 is 1.76 bits per heavy atom. The summed E-state index contributed by atoms with van der Waals surface area (Å²) < 4.78 is 53.5. The van der Waals surface area contributed by atoms with Crippen LogP contribution in [0.1, 0.15) is 22.1 Å². The minimum Gasteiger partial charge on any atom is -0.497 e. The van der Waals surface area contributed by atoms with Gasteiger partial charge >= 0.3 is 11.0 Å². The fourth-order valence-electron chi connectivity index (χ4n) is 5.19. The summed E-state index contributed by atoms with van der Waals surface area (Å²) in [6.07, 6.45) is -3.44. The lowest BCUT2D eigenvalue weighted by Crippen LogP contribution is -2.33. The number of halogens is 3. The van der Waals surface area contributed by atoms with Crippen LogP contribution >= 0.6 is 23.1 Å². The molecule has 2 aromatic heterocycles. The normalized spacial score (nSPS) is 19.9. The number of ether oxygens (including phenoxy) is 1. The van der Waals surface area contributed by atoms with Gasteiger partial charge in [0.2, 0.25) is 17.7 Å². The molecule has 0 saturated carbocycles. The summed E-state index contributed by atoms with van der Waals surface area (Å²) in [5.74, 6) is -3.39. The Labute approximate surface area is 243 Å². The molecular formula is C28H20F3N3O6S2. The van der Waals surface area contributed by atoms with Gasteiger partial charge in [0, 0.05) is 5.69 Å². The summed E-state index contributed by atoms with van der Waals surface area (Å²) in [4.78, 5) is 54.1. The van der Waals surface area contributed by atoms with Crippen molar-refractivity contribution >= 4 is 52.2 Å². The van der Waals surface area contributed by atoms with Crippen LogP contribution in [-0.4, -0.2) is 34.6 Å². The smallest absolute Gasteiger partial charge is 0.418 e. The number of amides is 3.